The normalized spacial score (nSPS) is 11.4. The molecular weight excluding hydrogens is 334 g/mol. The minimum absolute atomic E-state index is 0.00814. The molecule has 0 saturated heterocycles. The Balaban J connectivity index is 2.05. The van der Waals surface area contributed by atoms with E-state index in [-0.39, 0.29) is 21.9 Å². The van der Waals surface area contributed by atoms with Crippen LogP contribution in [0.25, 0.3) is 11.0 Å². The molecule has 3 aromatic rings. The second-order valence-electron chi connectivity index (χ2n) is 4.88. The highest BCUT2D eigenvalue weighted by Gasteiger charge is 2.19. The maximum atomic E-state index is 12.4. The van der Waals surface area contributed by atoms with Crippen molar-refractivity contribution < 1.29 is 21.8 Å². The van der Waals surface area contributed by atoms with E-state index in [1.54, 1.807) is 12.1 Å². The molecule has 0 aliphatic carbocycles. The van der Waals surface area contributed by atoms with Crippen molar-refractivity contribution in [3.05, 3.63) is 59.0 Å². The molecule has 0 aliphatic heterocycles. The summed E-state index contributed by atoms with van der Waals surface area (Å²) in [6, 6.07) is 11.7. The van der Waals surface area contributed by atoms with Gasteiger partial charge in [0.05, 0.1) is 7.11 Å². The zero-order valence-corrected chi connectivity index (χ0v) is 13.4. The van der Waals surface area contributed by atoms with Crippen molar-refractivity contribution in [2.45, 2.75) is 4.90 Å². The Bertz CT molecular complexity index is 1050. The van der Waals surface area contributed by atoms with Crippen molar-refractivity contribution in [1.82, 2.24) is 0 Å². The van der Waals surface area contributed by atoms with E-state index < -0.39 is 15.7 Å². The molecule has 0 spiro atoms. The minimum atomic E-state index is -4.10. The van der Waals surface area contributed by atoms with E-state index in [1.807, 2.05) is 0 Å². The van der Waals surface area contributed by atoms with Gasteiger partial charge in [-0.2, -0.15) is 8.42 Å². The lowest BCUT2D eigenvalue weighted by molar-refractivity contribution is 0.414. The van der Waals surface area contributed by atoms with Gasteiger partial charge >= 0.3 is 15.7 Å². The number of nitrogen functional groups attached to an aromatic ring is 1. The van der Waals surface area contributed by atoms with Crippen molar-refractivity contribution in [2.24, 2.45) is 0 Å². The van der Waals surface area contributed by atoms with Crippen LogP contribution in [0, 0.1) is 0 Å². The van der Waals surface area contributed by atoms with Gasteiger partial charge in [-0.1, -0.05) is 12.1 Å². The van der Waals surface area contributed by atoms with Gasteiger partial charge in [0.25, 0.3) is 0 Å². The SMILES string of the molecule is COc1ccc(S(=O)(=O)Oc2cccc3cc(N)c(=O)oc23)cc1. The first-order valence-corrected chi connectivity index (χ1v) is 8.22. The van der Waals surface area contributed by atoms with E-state index in [2.05, 4.69) is 0 Å². The first-order chi connectivity index (χ1) is 11.4. The predicted octanol–water partition coefficient (Wildman–Crippen LogP) is 2.15. The Hall–Kier alpha value is -3.00. The average Bonchev–Trinajstić information content (AvgIpc) is 2.56. The molecule has 1 aromatic heterocycles. The second-order valence-corrected chi connectivity index (χ2v) is 6.42. The van der Waals surface area contributed by atoms with E-state index in [0.29, 0.717) is 11.1 Å². The van der Waals surface area contributed by atoms with Gasteiger partial charge in [-0.25, -0.2) is 4.79 Å². The van der Waals surface area contributed by atoms with Crippen molar-refractivity contribution >= 4 is 26.8 Å². The van der Waals surface area contributed by atoms with Crippen LogP contribution < -0.4 is 20.3 Å². The summed E-state index contributed by atoms with van der Waals surface area (Å²) in [4.78, 5) is 11.5. The lowest BCUT2D eigenvalue weighted by Gasteiger charge is -2.09. The first-order valence-electron chi connectivity index (χ1n) is 6.81. The van der Waals surface area contributed by atoms with Crippen LogP contribution in [-0.2, 0) is 10.1 Å². The third-order valence-corrected chi connectivity index (χ3v) is 4.55. The quantitative estimate of drug-likeness (QED) is 0.569. The average molecular weight is 347 g/mol. The summed E-state index contributed by atoms with van der Waals surface area (Å²) >= 11 is 0. The fourth-order valence-electron chi connectivity index (χ4n) is 2.11. The summed E-state index contributed by atoms with van der Waals surface area (Å²) in [5.74, 6) is 0.418. The first kappa shape index (κ1) is 15.9. The highest BCUT2D eigenvalue weighted by Crippen LogP contribution is 2.28. The largest absolute Gasteiger partial charge is 0.497 e. The molecule has 0 saturated carbocycles. The molecule has 0 fully saturated rings. The maximum absolute atomic E-state index is 12.4. The Morgan fingerprint density at radius 3 is 2.46 bits per heavy atom. The van der Waals surface area contributed by atoms with Gasteiger partial charge in [0, 0.05) is 5.39 Å². The fourth-order valence-corrected chi connectivity index (χ4v) is 3.04. The van der Waals surface area contributed by atoms with Gasteiger partial charge in [0.15, 0.2) is 11.3 Å². The van der Waals surface area contributed by atoms with E-state index >= 15 is 0 Å². The summed E-state index contributed by atoms with van der Waals surface area (Å²) in [5, 5.41) is 0.453. The van der Waals surface area contributed by atoms with E-state index in [9.17, 15) is 13.2 Å². The van der Waals surface area contributed by atoms with Gasteiger partial charge in [-0.15, -0.1) is 0 Å². The number of methoxy groups -OCH3 is 1. The topological polar surface area (TPSA) is 109 Å². The molecule has 24 heavy (non-hydrogen) atoms. The number of ether oxygens (including phenoxy) is 1. The molecule has 2 N–H and O–H groups in total. The number of para-hydroxylation sites is 1. The van der Waals surface area contributed by atoms with Crippen LogP contribution in [-0.4, -0.2) is 15.5 Å². The number of hydrogen-bond donors (Lipinski definition) is 1. The highest BCUT2D eigenvalue weighted by atomic mass is 32.2. The van der Waals surface area contributed by atoms with Crippen LogP contribution in [0.3, 0.4) is 0 Å². The van der Waals surface area contributed by atoms with E-state index in [4.69, 9.17) is 19.1 Å². The molecule has 2 aromatic carbocycles. The predicted molar refractivity (Wildman–Crippen MR) is 87.7 cm³/mol. The van der Waals surface area contributed by atoms with Gasteiger partial charge in [-0.05, 0) is 36.4 Å². The van der Waals surface area contributed by atoms with Crippen molar-refractivity contribution in [3.63, 3.8) is 0 Å². The summed E-state index contributed by atoms with van der Waals surface area (Å²) in [5.41, 5.74) is 4.68. The maximum Gasteiger partial charge on any atom is 0.359 e. The van der Waals surface area contributed by atoms with Crippen molar-refractivity contribution in [1.29, 1.82) is 0 Å². The second kappa shape index (κ2) is 5.89. The van der Waals surface area contributed by atoms with Gasteiger partial charge < -0.3 is 19.1 Å². The molecule has 0 amide bonds. The fraction of sp³-hybridized carbons (Fsp3) is 0.0625. The highest BCUT2D eigenvalue weighted by molar-refractivity contribution is 7.87. The van der Waals surface area contributed by atoms with Crippen LogP contribution in [0.1, 0.15) is 0 Å². The number of fused-ring (bicyclic) bond motifs is 1. The number of rotatable bonds is 4. The molecule has 0 bridgehead atoms. The molecule has 3 rings (SSSR count). The summed E-state index contributed by atoms with van der Waals surface area (Å²) < 4.78 is 39.9. The van der Waals surface area contributed by atoms with Gasteiger partial charge in [-0.3, -0.25) is 0 Å². The van der Waals surface area contributed by atoms with Gasteiger partial charge in [0.1, 0.15) is 16.3 Å². The standard InChI is InChI=1S/C16H13NO6S/c1-21-11-5-7-12(8-6-11)24(19,20)23-14-4-2-3-10-9-13(17)16(18)22-15(10)14/h2-9H,17H2,1H3. The summed E-state index contributed by atoms with van der Waals surface area (Å²) in [6.07, 6.45) is 0. The Kier molecular flexibility index (Phi) is 3.90. The van der Waals surface area contributed by atoms with E-state index in [0.717, 1.165) is 0 Å². The number of nitrogens with two attached hydrogens (primary N) is 1. The minimum Gasteiger partial charge on any atom is -0.497 e. The van der Waals surface area contributed by atoms with Crippen molar-refractivity contribution in [3.8, 4) is 11.5 Å². The Morgan fingerprint density at radius 1 is 1.08 bits per heavy atom. The molecule has 7 nitrogen and oxygen atoms in total. The molecule has 0 unspecified atom stereocenters. The number of anilines is 1. The number of hydrogen-bond acceptors (Lipinski definition) is 7. The molecule has 124 valence electrons. The lowest BCUT2D eigenvalue weighted by atomic mass is 10.2. The van der Waals surface area contributed by atoms with E-state index in [1.165, 1.54) is 43.5 Å². The molecule has 0 atom stereocenters. The van der Waals surface area contributed by atoms with Crippen LogP contribution >= 0.6 is 0 Å². The monoisotopic (exact) mass is 347 g/mol. The van der Waals surface area contributed by atoms with Crippen LogP contribution in [0.5, 0.6) is 11.5 Å². The lowest BCUT2D eigenvalue weighted by Crippen LogP contribution is -2.11. The van der Waals surface area contributed by atoms with Crippen molar-refractivity contribution in [2.75, 3.05) is 12.8 Å². The smallest absolute Gasteiger partial charge is 0.359 e. The van der Waals surface area contributed by atoms with Crippen LogP contribution in [0.4, 0.5) is 5.69 Å². The van der Waals surface area contributed by atoms with Crippen LogP contribution in [0.2, 0.25) is 0 Å². The Labute approximate surface area is 137 Å². The zero-order valence-electron chi connectivity index (χ0n) is 12.6. The van der Waals surface area contributed by atoms with Gasteiger partial charge in [0.2, 0.25) is 0 Å². The third-order valence-electron chi connectivity index (χ3n) is 3.30. The molecule has 1 heterocycles. The number of benzene rings is 2. The third kappa shape index (κ3) is 2.91. The Morgan fingerprint density at radius 2 is 1.79 bits per heavy atom. The van der Waals surface area contributed by atoms with Crippen LogP contribution in [0.15, 0.2) is 62.6 Å². The summed E-state index contributed by atoms with van der Waals surface area (Å²) in [7, 11) is -2.63. The molecule has 8 heteroatoms. The molecular formula is C16H13NO6S. The zero-order chi connectivity index (χ0) is 17.3. The summed E-state index contributed by atoms with van der Waals surface area (Å²) in [6.45, 7) is 0. The molecule has 0 aliphatic rings. The molecule has 0 radical (unpaired) electrons.